The second-order valence-corrected chi connectivity index (χ2v) is 5.10. The molecule has 96 valence electrons. The van der Waals surface area contributed by atoms with Gasteiger partial charge in [0.1, 0.15) is 0 Å². The maximum Gasteiger partial charge on any atom is 0.327 e. The fourth-order valence-electron chi connectivity index (χ4n) is 2.56. The van der Waals surface area contributed by atoms with Gasteiger partial charge in [-0.25, -0.2) is 0 Å². The van der Waals surface area contributed by atoms with Crippen molar-refractivity contribution in [2.24, 2.45) is 10.8 Å². The van der Waals surface area contributed by atoms with Crippen molar-refractivity contribution in [1.82, 2.24) is 0 Å². The van der Waals surface area contributed by atoms with Crippen LogP contribution >= 0.6 is 0 Å². The Balaban J connectivity index is 3.28. The van der Waals surface area contributed by atoms with Gasteiger partial charge in [0.25, 0.3) is 0 Å². The average Bonchev–Trinajstić information content (AvgIpc) is 2.30. The van der Waals surface area contributed by atoms with Crippen molar-refractivity contribution >= 4 is 11.9 Å². The molecule has 1 rings (SSSR count). The highest BCUT2D eigenvalue weighted by molar-refractivity contribution is 6.03. The Bertz CT molecular complexity index is 338. The lowest BCUT2D eigenvalue weighted by Gasteiger charge is -2.43. The zero-order chi connectivity index (χ0) is 13.3. The number of methoxy groups -OCH3 is 2. The second kappa shape index (κ2) is 4.51. The molecule has 0 atom stereocenters. The van der Waals surface area contributed by atoms with Gasteiger partial charge in [-0.15, -0.1) is 0 Å². The summed E-state index contributed by atoms with van der Waals surface area (Å²) < 4.78 is 9.56. The molecule has 0 amide bonds. The Morgan fingerprint density at radius 3 is 2.00 bits per heavy atom. The van der Waals surface area contributed by atoms with Crippen molar-refractivity contribution in [2.75, 3.05) is 14.2 Å². The van der Waals surface area contributed by atoms with E-state index < -0.39 is 17.4 Å². The third-order valence-electron chi connectivity index (χ3n) is 3.75. The lowest BCUT2D eigenvalue weighted by atomic mass is 9.60. The van der Waals surface area contributed by atoms with E-state index >= 15 is 0 Å². The Labute approximate surface area is 102 Å². The lowest BCUT2D eigenvalue weighted by molar-refractivity contribution is -0.168. The molecule has 0 aromatic rings. The van der Waals surface area contributed by atoms with Gasteiger partial charge in [-0.2, -0.15) is 0 Å². The van der Waals surface area contributed by atoms with Crippen molar-refractivity contribution < 1.29 is 19.1 Å². The Hall–Kier alpha value is -1.32. The number of esters is 2. The Morgan fingerprint density at radius 2 is 1.59 bits per heavy atom. The first kappa shape index (κ1) is 13.7. The van der Waals surface area contributed by atoms with E-state index in [1.54, 1.807) is 0 Å². The molecule has 4 nitrogen and oxygen atoms in total. The quantitative estimate of drug-likeness (QED) is 0.421. The highest BCUT2D eigenvalue weighted by Gasteiger charge is 2.56. The molecule has 0 N–H and O–H groups in total. The molecular weight excluding hydrogens is 220 g/mol. The smallest absolute Gasteiger partial charge is 0.327 e. The first-order valence-corrected chi connectivity index (χ1v) is 5.69. The minimum Gasteiger partial charge on any atom is -0.468 e. The van der Waals surface area contributed by atoms with Gasteiger partial charge in [-0.05, 0) is 23.8 Å². The van der Waals surface area contributed by atoms with Crippen molar-refractivity contribution in [3.8, 4) is 0 Å². The molecule has 0 heterocycles. The Kier molecular flexibility index (Phi) is 3.65. The molecule has 17 heavy (non-hydrogen) atoms. The standard InChI is InChI=1S/C13H20O4/c1-9-12(2,3)7-6-8-13(9,10(14)16-4)11(15)17-5/h1,6-8H2,2-5H3. The minimum atomic E-state index is -1.33. The van der Waals surface area contributed by atoms with Gasteiger partial charge in [-0.3, -0.25) is 9.59 Å². The van der Waals surface area contributed by atoms with Gasteiger partial charge < -0.3 is 9.47 Å². The fourth-order valence-corrected chi connectivity index (χ4v) is 2.56. The van der Waals surface area contributed by atoms with Crippen molar-refractivity contribution in [3.05, 3.63) is 12.2 Å². The van der Waals surface area contributed by atoms with Gasteiger partial charge in [-0.1, -0.05) is 26.8 Å². The van der Waals surface area contributed by atoms with E-state index in [0.29, 0.717) is 12.0 Å². The lowest BCUT2D eigenvalue weighted by Crippen LogP contribution is -2.48. The van der Waals surface area contributed by atoms with Crippen molar-refractivity contribution in [2.45, 2.75) is 33.1 Å². The van der Waals surface area contributed by atoms with E-state index in [-0.39, 0.29) is 5.41 Å². The predicted octanol–water partition coefficient (Wildman–Crippen LogP) is 2.09. The third-order valence-corrected chi connectivity index (χ3v) is 3.75. The van der Waals surface area contributed by atoms with Gasteiger partial charge in [0.15, 0.2) is 5.41 Å². The zero-order valence-electron chi connectivity index (χ0n) is 11.0. The molecule has 0 unspecified atom stereocenters. The maximum atomic E-state index is 12.0. The first-order valence-electron chi connectivity index (χ1n) is 5.69. The summed E-state index contributed by atoms with van der Waals surface area (Å²) in [7, 11) is 2.56. The van der Waals surface area contributed by atoms with Crippen LogP contribution in [0.2, 0.25) is 0 Å². The van der Waals surface area contributed by atoms with Gasteiger partial charge in [0, 0.05) is 0 Å². The van der Waals surface area contributed by atoms with Crippen molar-refractivity contribution in [3.63, 3.8) is 0 Å². The fraction of sp³-hybridized carbons (Fsp3) is 0.692. The van der Waals surface area contributed by atoms with E-state index in [9.17, 15) is 9.59 Å². The van der Waals surface area contributed by atoms with E-state index in [0.717, 1.165) is 12.8 Å². The topological polar surface area (TPSA) is 52.6 Å². The molecule has 0 spiro atoms. The average molecular weight is 240 g/mol. The van der Waals surface area contributed by atoms with Crippen LogP contribution < -0.4 is 0 Å². The summed E-state index contributed by atoms with van der Waals surface area (Å²) in [6.45, 7) is 7.92. The van der Waals surface area contributed by atoms with Crippen LogP contribution in [-0.2, 0) is 19.1 Å². The largest absolute Gasteiger partial charge is 0.468 e. The number of hydrogen-bond acceptors (Lipinski definition) is 4. The number of carbonyl (C=O) groups is 2. The number of hydrogen-bond donors (Lipinski definition) is 0. The zero-order valence-corrected chi connectivity index (χ0v) is 11.0. The molecule has 0 aromatic heterocycles. The molecule has 0 aliphatic heterocycles. The van der Waals surface area contributed by atoms with Crippen LogP contribution in [0, 0.1) is 10.8 Å². The van der Waals surface area contributed by atoms with Gasteiger partial charge in [0.2, 0.25) is 0 Å². The van der Waals surface area contributed by atoms with Crippen LogP contribution in [0.5, 0.6) is 0 Å². The van der Waals surface area contributed by atoms with Crippen LogP contribution in [0.3, 0.4) is 0 Å². The number of carbonyl (C=O) groups excluding carboxylic acids is 2. The molecule has 4 heteroatoms. The third kappa shape index (κ3) is 1.96. The monoisotopic (exact) mass is 240 g/mol. The van der Waals surface area contributed by atoms with Gasteiger partial charge in [0.05, 0.1) is 14.2 Å². The van der Waals surface area contributed by atoms with Crippen LogP contribution in [0.25, 0.3) is 0 Å². The van der Waals surface area contributed by atoms with Gasteiger partial charge >= 0.3 is 11.9 Å². The van der Waals surface area contributed by atoms with Crippen LogP contribution in [0.1, 0.15) is 33.1 Å². The summed E-state index contributed by atoms with van der Waals surface area (Å²) >= 11 is 0. The normalized spacial score (nSPS) is 21.8. The molecule has 1 aliphatic carbocycles. The molecule has 0 bridgehead atoms. The first-order chi connectivity index (χ1) is 7.82. The highest BCUT2D eigenvalue weighted by Crippen LogP contribution is 2.51. The highest BCUT2D eigenvalue weighted by atomic mass is 16.5. The summed E-state index contributed by atoms with van der Waals surface area (Å²) in [5.41, 5.74) is -0.999. The summed E-state index contributed by atoms with van der Waals surface area (Å²) in [5.74, 6) is -1.13. The molecule has 0 aromatic carbocycles. The summed E-state index contributed by atoms with van der Waals surface area (Å²) in [5, 5.41) is 0. The molecule has 0 radical (unpaired) electrons. The molecule has 0 saturated heterocycles. The maximum absolute atomic E-state index is 12.0. The van der Waals surface area contributed by atoms with Crippen LogP contribution in [0.15, 0.2) is 12.2 Å². The molecule has 1 saturated carbocycles. The second-order valence-electron chi connectivity index (χ2n) is 5.10. The molecule has 1 fully saturated rings. The minimum absolute atomic E-state index is 0.263. The summed E-state index contributed by atoms with van der Waals surface area (Å²) in [4.78, 5) is 24.0. The van der Waals surface area contributed by atoms with E-state index in [4.69, 9.17) is 9.47 Å². The van der Waals surface area contributed by atoms with E-state index in [2.05, 4.69) is 6.58 Å². The number of ether oxygens (including phenoxy) is 2. The Morgan fingerprint density at radius 1 is 1.12 bits per heavy atom. The predicted molar refractivity (Wildman–Crippen MR) is 63.2 cm³/mol. The van der Waals surface area contributed by atoms with E-state index in [1.165, 1.54) is 14.2 Å². The van der Waals surface area contributed by atoms with E-state index in [1.807, 2.05) is 13.8 Å². The molecule has 1 aliphatic rings. The molecular formula is C13H20O4. The van der Waals surface area contributed by atoms with Crippen LogP contribution in [0.4, 0.5) is 0 Å². The van der Waals surface area contributed by atoms with Crippen LogP contribution in [-0.4, -0.2) is 26.2 Å². The summed E-state index contributed by atoms with van der Waals surface area (Å²) in [6, 6.07) is 0. The SMILES string of the molecule is C=C1C(C)(C)CCCC1(C(=O)OC)C(=O)OC. The number of rotatable bonds is 2. The van der Waals surface area contributed by atoms with Crippen molar-refractivity contribution in [1.29, 1.82) is 0 Å². The summed E-state index contributed by atoms with van der Waals surface area (Å²) in [6.07, 6.45) is 2.09.